The number of aryl methyl sites for hydroxylation is 4. The fourth-order valence-electron chi connectivity index (χ4n) is 16.7. The van der Waals surface area contributed by atoms with Crippen LogP contribution in [-0.4, -0.2) is 139 Å². The third-order valence-electron chi connectivity index (χ3n) is 23.1. The molecule has 6 heterocycles. The molecule has 16 rings (SSSR count). The molecule has 728 valence electrons. The van der Waals surface area contributed by atoms with Crippen molar-refractivity contribution in [3.05, 3.63) is 240 Å². The maximum absolute atomic E-state index is 12.1. The Hall–Kier alpha value is -16.2. The fourth-order valence-corrected chi connectivity index (χ4v) is 18.6. The number of carbonyl (C=O) groups is 3. The van der Waals surface area contributed by atoms with Gasteiger partial charge in [-0.2, -0.15) is 26.3 Å². The molecule has 0 bridgehead atoms. The van der Waals surface area contributed by atoms with Gasteiger partial charge in [-0.1, -0.05) is 81.4 Å². The van der Waals surface area contributed by atoms with Crippen LogP contribution in [0.3, 0.4) is 0 Å². The molecule has 1 saturated heterocycles. The number of benzene rings is 10. The highest BCUT2D eigenvalue weighted by Crippen LogP contribution is 2.43. The molecular formula is C106H110N16O16S3. The Bertz CT molecular complexity index is 7760. The number of carbonyl (C=O) groups excluding carboxylic acids is 3. The Balaban J connectivity index is 0.000000158. The summed E-state index contributed by atoms with van der Waals surface area (Å²) in [7, 11) is -0.434. The Labute approximate surface area is 820 Å². The Morgan fingerprint density at radius 1 is 0.397 bits per heavy atom. The van der Waals surface area contributed by atoms with E-state index in [-0.39, 0.29) is 31.0 Å². The summed E-state index contributed by atoms with van der Waals surface area (Å²) >= 11 is 0. The van der Waals surface area contributed by atoms with Crippen LogP contribution in [0, 0.1) is 56.7 Å². The standard InChI is InChI=1S/C22H23N3O4.C22H25N3O3S.C21H18N4O3.C21H23N3O3S.C20H21N3O3S/c1-14(2)29-22(26)24-16-7-5-15(6-8-16)21-19(12-23)18-10-9-17(28-4)11-20(18)25(21)13-27-3;1-5-12-25-21-11-10-18(28-4)13-19(21)20(14-23)22(25)16-6-8-17(9-7-16)24-29(26,27)15(2)3;1-3-24-18-10-15(28-2)8-9-16(18)17(11-22)20(24)13-4-6-14(7-5-13)25-12-19(26)23-21(25)27;1-4-12-24-20-11-10-17(27-3)13-18(20)19(14-22)21(24)15-6-8-16(9-7-15)23-28(25,26)5-2;1-4-11-23-19-10-9-16(26-2)12-17(19)18(13-21)20(23)14-5-7-15(8-6-14)22-27(3,24)25/h5-11,14H,13H2,1-4H3,(H,24,26);6-11,13,15,24H,5,12H2,1-4H3;4-10H,3,12H2,1-2H3,(H,23,26,27);6-11,13,23H,4-5,12H2,1-3H3;5-10,12,22H,4,11H2,1-3H3. The van der Waals surface area contributed by atoms with Crippen LogP contribution < -0.4 is 53.4 Å². The molecule has 0 radical (unpaired) electrons. The first-order chi connectivity index (χ1) is 67.7. The monoisotopic (exact) mass is 1960 g/mol. The predicted molar refractivity (Wildman–Crippen MR) is 552 cm³/mol. The largest absolute Gasteiger partial charge is 0.497 e. The normalized spacial score (nSPS) is 11.7. The number of nitriles is 5. The molecule has 4 amide bonds. The Morgan fingerprint density at radius 3 is 1.04 bits per heavy atom. The molecule has 35 heteroatoms. The number of urea groups is 1. The fraction of sp³-hybridized carbons (Fsp3) is 0.264. The van der Waals surface area contributed by atoms with E-state index < -0.39 is 47.4 Å². The van der Waals surface area contributed by atoms with E-state index in [1.54, 1.807) is 138 Å². The van der Waals surface area contributed by atoms with E-state index in [9.17, 15) is 65.9 Å². The second-order valence-corrected chi connectivity index (χ2v) is 39.1. The quantitative estimate of drug-likeness (QED) is 0.0261. The van der Waals surface area contributed by atoms with E-state index in [0.717, 1.165) is 162 Å². The number of nitrogens with zero attached hydrogens (tertiary/aromatic N) is 11. The maximum atomic E-state index is 12.1. The van der Waals surface area contributed by atoms with Crippen molar-refractivity contribution in [3.8, 4) is 115 Å². The van der Waals surface area contributed by atoms with Crippen molar-refractivity contribution in [2.24, 2.45) is 0 Å². The number of hydrogen-bond donors (Lipinski definition) is 5. The van der Waals surface area contributed by atoms with Crippen molar-refractivity contribution in [1.29, 1.82) is 26.3 Å². The molecule has 1 fully saturated rings. The van der Waals surface area contributed by atoms with Gasteiger partial charge in [-0.15, -0.1) is 0 Å². The molecular weight excluding hydrogens is 1850 g/mol. The number of sulfonamides is 3. The summed E-state index contributed by atoms with van der Waals surface area (Å²) in [4.78, 5) is 36.4. The van der Waals surface area contributed by atoms with Gasteiger partial charge < -0.3 is 56.0 Å². The van der Waals surface area contributed by atoms with Crippen LogP contribution in [0.5, 0.6) is 28.7 Å². The average molecular weight is 1960 g/mol. The van der Waals surface area contributed by atoms with Crippen molar-refractivity contribution in [3.63, 3.8) is 0 Å². The highest BCUT2D eigenvalue weighted by Gasteiger charge is 2.31. The van der Waals surface area contributed by atoms with Gasteiger partial charge in [-0.25, -0.2) is 34.8 Å². The van der Waals surface area contributed by atoms with Crippen LogP contribution in [0.25, 0.3) is 111 Å². The molecule has 0 aliphatic carbocycles. The summed E-state index contributed by atoms with van der Waals surface area (Å²) in [6, 6.07) is 75.6. The summed E-state index contributed by atoms with van der Waals surface area (Å²) in [5, 5.41) is 57.9. The zero-order valence-corrected chi connectivity index (χ0v) is 83.6. The zero-order valence-electron chi connectivity index (χ0n) is 81.1. The first-order valence-electron chi connectivity index (χ1n) is 45.3. The number of methoxy groups -OCH3 is 6. The topological polar surface area (TPSA) is 425 Å². The molecule has 0 atom stereocenters. The van der Waals surface area contributed by atoms with Gasteiger partial charge in [0, 0.05) is 101 Å². The SMILES string of the molecule is CCCn1c(-c2ccc(NS(=O)(=O)C(C)C)cc2)c(C#N)c2cc(OC)ccc21.CCCn1c(-c2ccc(NS(=O)(=O)CC)cc2)c(C#N)c2cc(OC)ccc21.CCCn1c(-c2ccc(NS(C)(=O)=O)cc2)c(C#N)c2cc(OC)ccc21.CCn1c(-c2ccc(N3CC(=O)NC3=O)cc2)c(C#N)c2ccc(OC)cc21.COCn1c(-c2ccc(NC(=O)OC(C)C)cc2)c(C#N)c2ccc(OC)cc21. The minimum atomic E-state index is -3.41. The van der Waals surface area contributed by atoms with Gasteiger partial charge in [-0.05, 0) is 228 Å². The summed E-state index contributed by atoms with van der Waals surface area (Å²) in [5.74, 6) is 3.23. The van der Waals surface area contributed by atoms with Crippen LogP contribution in [0.15, 0.2) is 212 Å². The van der Waals surface area contributed by atoms with Crippen LogP contribution in [0.4, 0.5) is 38.0 Å². The van der Waals surface area contributed by atoms with Gasteiger partial charge in [0.05, 0.1) is 143 Å². The zero-order chi connectivity index (χ0) is 102. The Kier molecular flexibility index (Phi) is 33.7. The molecule has 5 aromatic heterocycles. The molecule has 1 aliphatic heterocycles. The van der Waals surface area contributed by atoms with Crippen LogP contribution in [0.1, 0.15) is 109 Å². The predicted octanol–water partition coefficient (Wildman–Crippen LogP) is 21.1. The number of anilines is 5. The smallest absolute Gasteiger partial charge is 0.411 e. The number of nitrogens with one attached hydrogen (secondary N) is 5. The van der Waals surface area contributed by atoms with Gasteiger partial charge in [0.2, 0.25) is 36.0 Å². The summed E-state index contributed by atoms with van der Waals surface area (Å²) in [5.41, 5.74) is 18.7. The van der Waals surface area contributed by atoms with Gasteiger partial charge >= 0.3 is 12.1 Å². The first kappa shape index (κ1) is 104. The Morgan fingerprint density at radius 2 is 0.723 bits per heavy atom. The lowest BCUT2D eigenvalue weighted by atomic mass is 10.1. The van der Waals surface area contributed by atoms with Gasteiger partial charge in [0.15, 0.2) is 0 Å². The van der Waals surface area contributed by atoms with E-state index in [4.69, 9.17) is 33.2 Å². The van der Waals surface area contributed by atoms with Crippen molar-refractivity contribution in [1.82, 2.24) is 28.2 Å². The number of ether oxygens (including phenoxy) is 7. The van der Waals surface area contributed by atoms with E-state index in [0.29, 0.717) is 85.8 Å². The summed E-state index contributed by atoms with van der Waals surface area (Å²) in [6.07, 6.45) is 3.16. The summed E-state index contributed by atoms with van der Waals surface area (Å²) < 4.78 is 126. The number of rotatable bonds is 30. The average Bonchev–Trinajstić information content (AvgIpc) is 1.69. The molecule has 32 nitrogen and oxygen atoms in total. The third kappa shape index (κ3) is 23.3. The highest BCUT2D eigenvalue weighted by atomic mass is 32.2. The highest BCUT2D eigenvalue weighted by molar-refractivity contribution is 7.93. The van der Waals surface area contributed by atoms with E-state index >= 15 is 0 Å². The molecule has 10 aromatic carbocycles. The minimum Gasteiger partial charge on any atom is -0.497 e. The molecule has 0 unspecified atom stereocenters. The summed E-state index contributed by atoms with van der Waals surface area (Å²) in [6.45, 7) is 20.0. The number of fused-ring (bicyclic) bond motifs is 5. The lowest BCUT2D eigenvalue weighted by molar-refractivity contribution is -0.117. The van der Waals surface area contributed by atoms with Crippen LogP contribution in [0.2, 0.25) is 0 Å². The number of aromatic nitrogens is 5. The molecule has 15 aromatic rings. The van der Waals surface area contributed by atoms with Gasteiger partial charge in [-0.3, -0.25) is 34.5 Å². The number of hydrogen-bond acceptors (Lipinski definition) is 21. The van der Waals surface area contributed by atoms with E-state index in [1.165, 1.54) is 4.90 Å². The molecule has 5 N–H and O–H groups in total. The van der Waals surface area contributed by atoms with Crippen molar-refractivity contribution < 1.29 is 72.8 Å². The lowest BCUT2D eigenvalue weighted by Crippen LogP contribution is -2.27. The van der Waals surface area contributed by atoms with E-state index in [2.05, 4.69) is 94.2 Å². The lowest BCUT2D eigenvalue weighted by Gasteiger charge is -2.14. The maximum Gasteiger partial charge on any atom is 0.411 e. The minimum absolute atomic E-state index is 0.0106. The molecule has 0 spiro atoms. The molecule has 0 saturated carbocycles. The van der Waals surface area contributed by atoms with Gasteiger partial charge in [0.25, 0.3) is 0 Å². The third-order valence-corrected chi connectivity index (χ3v) is 26.8. The number of amides is 4. The molecule has 1 aliphatic rings. The second-order valence-electron chi connectivity index (χ2n) is 33.1. The second kappa shape index (κ2) is 45.8. The van der Waals surface area contributed by atoms with Gasteiger partial charge in [0.1, 0.15) is 72.4 Å². The van der Waals surface area contributed by atoms with Crippen molar-refractivity contribution >= 4 is 131 Å². The van der Waals surface area contributed by atoms with Crippen LogP contribution >= 0.6 is 0 Å². The van der Waals surface area contributed by atoms with Crippen molar-refractivity contribution in [2.75, 3.05) is 85.6 Å². The van der Waals surface area contributed by atoms with Crippen molar-refractivity contribution in [2.45, 2.75) is 126 Å². The first-order valence-corrected chi connectivity index (χ1v) is 50.4. The number of imide groups is 1. The molecule has 141 heavy (non-hydrogen) atoms. The van der Waals surface area contributed by atoms with Crippen LogP contribution in [-0.2, 0) is 77.2 Å². The van der Waals surface area contributed by atoms with E-state index in [1.807, 2.05) is 163 Å².